The third-order valence-electron chi connectivity index (χ3n) is 5.03. The normalized spacial score (nSPS) is 26.9. The first-order valence-electron chi connectivity index (χ1n) is 8.65. The number of hydrogen-bond acceptors (Lipinski definition) is 6. The summed E-state index contributed by atoms with van der Waals surface area (Å²) in [6.45, 7) is 2.22. The van der Waals surface area contributed by atoms with Crippen LogP contribution in [0, 0.1) is 10.1 Å². The number of carbonyl (C=O) groups excluding carboxylic acids is 1. The maximum absolute atomic E-state index is 13.2. The van der Waals surface area contributed by atoms with Crippen molar-refractivity contribution in [1.82, 2.24) is 4.90 Å². The Hall–Kier alpha value is -2.19. The van der Waals surface area contributed by atoms with E-state index in [2.05, 4.69) is 5.32 Å². The van der Waals surface area contributed by atoms with E-state index in [-0.39, 0.29) is 17.6 Å². The predicted molar refractivity (Wildman–Crippen MR) is 93.3 cm³/mol. The molecule has 1 heterocycles. The third kappa shape index (κ3) is 3.91. The number of nitrogens with zero attached hydrogens (tertiary/aromatic N) is 2. The molecule has 1 aliphatic carbocycles. The van der Waals surface area contributed by atoms with Crippen molar-refractivity contribution in [3.63, 3.8) is 0 Å². The molecule has 136 valence electrons. The fraction of sp³-hybridized carbons (Fsp3) is 0.588. The minimum atomic E-state index is -0.761. The van der Waals surface area contributed by atoms with Crippen molar-refractivity contribution < 1.29 is 14.5 Å². The maximum Gasteiger partial charge on any atom is 0.271 e. The van der Waals surface area contributed by atoms with Gasteiger partial charge in [-0.05, 0) is 31.7 Å². The molecule has 0 unspecified atom stereocenters. The Balaban J connectivity index is 1.85. The van der Waals surface area contributed by atoms with E-state index in [4.69, 9.17) is 10.5 Å². The van der Waals surface area contributed by atoms with E-state index in [0.717, 1.165) is 12.8 Å². The zero-order valence-corrected chi connectivity index (χ0v) is 14.1. The van der Waals surface area contributed by atoms with Crippen LogP contribution in [0.1, 0.15) is 25.7 Å². The van der Waals surface area contributed by atoms with Crippen LogP contribution in [0.3, 0.4) is 0 Å². The SMILES string of the molecule is NC1CCC(Nc2cccc([N+](=O)[O-])c2)(C(=O)N2CCOCC2)CC1. The molecule has 0 aromatic heterocycles. The summed E-state index contributed by atoms with van der Waals surface area (Å²) in [7, 11) is 0. The number of morpholine rings is 1. The van der Waals surface area contributed by atoms with E-state index in [9.17, 15) is 14.9 Å². The topological polar surface area (TPSA) is 111 Å². The van der Waals surface area contributed by atoms with Gasteiger partial charge in [-0.3, -0.25) is 14.9 Å². The molecule has 1 aromatic carbocycles. The van der Waals surface area contributed by atoms with Crippen LogP contribution in [-0.2, 0) is 9.53 Å². The lowest BCUT2D eigenvalue weighted by molar-refractivity contribution is -0.384. The van der Waals surface area contributed by atoms with Gasteiger partial charge in [-0.2, -0.15) is 0 Å². The molecule has 8 nitrogen and oxygen atoms in total. The molecule has 2 fully saturated rings. The van der Waals surface area contributed by atoms with Crippen molar-refractivity contribution in [3.05, 3.63) is 34.4 Å². The van der Waals surface area contributed by atoms with Gasteiger partial charge < -0.3 is 20.7 Å². The van der Waals surface area contributed by atoms with Gasteiger partial charge in [0.15, 0.2) is 0 Å². The average Bonchev–Trinajstić information content (AvgIpc) is 2.64. The lowest BCUT2D eigenvalue weighted by Gasteiger charge is -2.43. The maximum atomic E-state index is 13.2. The van der Waals surface area contributed by atoms with Gasteiger partial charge in [0.05, 0.1) is 18.1 Å². The highest BCUT2D eigenvalue weighted by atomic mass is 16.6. The molecule has 1 amide bonds. The van der Waals surface area contributed by atoms with Gasteiger partial charge in [0.2, 0.25) is 5.91 Å². The van der Waals surface area contributed by atoms with Crippen LogP contribution in [0.5, 0.6) is 0 Å². The molecule has 3 N–H and O–H groups in total. The number of carbonyl (C=O) groups is 1. The Morgan fingerprint density at radius 1 is 1.32 bits per heavy atom. The van der Waals surface area contributed by atoms with Crippen LogP contribution < -0.4 is 11.1 Å². The highest BCUT2D eigenvalue weighted by Crippen LogP contribution is 2.34. The van der Waals surface area contributed by atoms with Crippen molar-refractivity contribution in [2.45, 2.75) is 37.3 Å². The lowest BCUT2D eigenvalue weighted by atomic mass is 9.78. The molecule has 3 rings (SSSR count). The third-order valence-corrected chi connectivity index (χ3v) is 5.03. The number of nitrogens with two attached hydrogens (primary N) is 1. The number of anilines is 1. The van der Waals surface area contributed by atoms with Gasteiger partial charge in [-0.25, -0.2) is 0 Å². The van der Waals surface area contributed by atoms with Gasteiger partial charge in [0, 0.05) is 37.0 Å². The molecule has 0 bridgehead atoms. The molecule has 8 heteroatoms. The first kappa shape index (κ1) is 17.6. The zero-order chi connectivity index (χ0) is 17.9. The van der Waals surface area contributed by atoms with Crippen molar-refractivity contribution in [3.8, 4) is 0 Å². The predicted octanol–water partition coefficient (Wildman–Crippen LogP) is 1.51. The number of benzene rings is 1. The summed E-state index contributed by atoms with van der Waals surface area (Å²) < 4.78 is 5.34. The molecule has 0 radical (unpaired) electrons. The van der Waals surface area contributed by atoms with Gasteiger partial charge in [0.1, 0.15) is 5.54 Å². The number of nitro benzene ring substituents is 1. The Kier molecular flexibility index (Phi) is 5.19. The molecule has 1 aromatic rings. The number of amides is 1. The molecule has 1 saturated heterocycles. The summed E-state index contributed by atoms with van der Waals surface area (Å²) >= 11 is 0. The number of hydrogen-bond donors (Lipinski definition) is 2. The number of non-ortho nitro benzene ring substituents is 1. The summed E-state index contributed by atoms with van der Waals surface area (Å²) in [4.78, 5) is 25.7. The van der Waals surface area contributed by atoms with Gasteiger partial charge in [-0.1, -0.05) is 6.07 Å². The molecule has 1 saturated carbocycles. The van der Waals surface area contributed by atoms with E-state index in [1.54, 1.807) is 12.1 Å². The van der Waals surface area contributed by atoms with Crippen molar-refractivity contribution in [2.24, 2.45) is 5.73 Å². The second kappa shape index (κ2) is 7.37. The van der Waals surface area contributed by atoms with E-state index < -0.39 is 10.5 Å². The molecule has 1 aliphatic heterocycles. The molecular weight excluding hydrogens is 324 g/mol. The van der Waals surface area contributed by atoms with Crippen LogP contribution >= 0.6 is 0 Å². The molecule has 0 spiro atoms. The van der Waals surface area contributed by atoms with Crippen molar-refractivity contribution in [1.29, 1.82) is 0 Å². The quantitative estimate of drug-likeness (QED) is 0.630. The van der Waals surface area contributed by atoms with E-state index in [0.29, 0.717) is 44.8 Å². The van der Waals surface area contributed by atoms with Gasteiger partial charge >= 0.3 is 0 Å². The highest BCUT2D eigenvalue weighted by molar-refractivity contribution is 5.90. The van der Waals surface area contributed by atoms with Crippen LogP contribution in [0.25, 0.3) is 0 Å². The minimum absolute atomic E-state index is 0.00600. The standard InChI is InChI=1S/C17H24N4O4/c18-13-4-6-17(7-5-13,16(22)20-8-10-25-11-9-20)19-14-2-1-3-15(12-14)21(23)24/h1-3,12-13,19H,4-11,18H2. The van der Waals surface area contributed by atoms with Crippen LogP contribution in [0.15, 0.2) is 24.3 Å². The second-order valence-corrected chi connectivity index (χ2v) is 6.76. The Bertz CT molecular complexity index is 637. The Morgan fingerprint density at radius 3 is 2.64 bits per heavy atom. The fourth-order valence-corrected chi connectivity index (χ4v) is 3.57. The zero-order valence-electron chi connectivity index (χ0n) is 14.1. The fourth-order valence-electron chi connectivity index (χ4n) is 3.57. The molecule has 0 atom stereocenters. The van der Waals surface area contributed by atoms with E-state index >= 15 is 0 Å². The number of nitrogens with one attached hydrogen (secondary N) is 1. The Labute approximate surface area is 146 Å². The molecule has 2 aliphatic rings. The summed E-state index contributed by atoms with van der Waals surface area (Å²) in [6.07, 6.45) is 2.73. The van der Waals surface area contributed by atoms with E-state index in [1.165, 1.54) is 12.1 Å². The van der Waals surface area contributed by atoms with Crippen molar-refractivity contribution >= 4 is 17.3 Å². The highest BCUT2D eigenvalue weighted by Gasteiger charge is 2.44. The first-order chi connectivity index (χ1) is 12.0. The molecular formula is C17H24N4O4. The summed E-state index contributed by atoms with van der Waals surface area (Å²) in [5.74, 6) is 0.0363. The monoisotopic (exact) mass is 348 g/mol. The van der Waals surface area contributed by atoms with Gasteiger partial charge in [0.25, 0.3) is 5.69 Å². The summed E-state index contributed by atoms with van der Waals surface area (Å²) in [5, 5.41) is 14.3. The minimum Gasteiger partial charge on any atom is -0.378 e. The molecule has 25 heavy (non-hydrogen) atoms. The second-order valence-electron chi connectivity index (χ2n) is 6.76. The van der Waals surface area contributed by atoms with Crippen LogP contribution in [0.2, 0.25) is 0 Å². The first-order valence-corrected chi connectivity index (χ1v) is 8.65. The largest absolute Gasteiger partial charge is 0.378 e. The summed E-state index contributed by atoms with van der Waals surface area (Å²) in [5.41, 5.74) is 5.86. The van der Waals surface area contributed by atoms with Crippen LogP contribution in [-0.4, -0.2) is 53.6 Å². The van der Waals surface area contributed by atoms with Crippen molar-refractivity contribution in [2.75, 3.05) is 31.6 Å². The smallest absolute Gasteiger partial charge is 0.271 e. The summed E-state index contributed by atoms with van der Waals surface area (Å²) in [6, 6.07) is 6.40. The lowest BCUT2D eigenvalue weighted by Crippen LogP contribution is -2.58. The van der Waals surface area contributed by atoms with Gasteiger partial charge in [-0.15, -0.1) is 0 Å². The van der Waals surface area contributed by atoms with Crippen LogP contribution in [0.4, 0.5) is 11.4 Å². The average molecular weight is 348 g/mol. The number of ether oxygens (including phenoxy) is 1. The number of nitro groups is 1. The van der Waals surface area contributed by atoms with E-state index in [1.807, 2.05) is 4.90 Å². The Morgan fingerprint density at radius 2 is 2.00 bits per heavy atom. The number of rotatable bonds is 4.